The number of alkyl halides is 2. The maximum Gasteiger partial charge on any atom is 0.176 e. The molecule has 2 atom stereocenters. The van der Waals surface area contributed by atoms with Gasteiger partial charge in [0.05, 0.1) is 5.41 Å². The molecule has 2 aromatic rings. The molecule has 3 heteroatoms. The summed E-state index contributed by atoms with van der Waals surface area (Å²) in [7, 11) is 0. The first-order valence-corrected chi connectivity index (χ1v) is 7.49. The SMILES string of the molecule is CC12Cc3ccccc3OC1(c1ccccc1)C2(Cl)Cl. The molecule has 0 radical (unpaired) electrons. The van der Waals surface area contributed by atoms with E-state index in [-0.39, 0.29) is 5.41 Å². The van der Waals surface area contributed by atoms with Gasteiger partial charge in [0.2, 0.25) is 0 Å². The Balaban J connectivity index is 1.92. The molecule has 1 aliphatic heterocycles. The average molecular weight is 305 g/mol. The van der Waals surface area contributed by atoms with Gasteiger partial charge in [-0.25, -0.2) is 0 Å². The van der Waals surface area contributed by atoms with E-state index < -0.39 is 9.93 Å². The topological polar surface area (TPSA) is 9.23 Å². The number of halogens is 2. The highest BCUT2D eigenvalue weighted by Gasteiger charge is 2.88. The number of fused-ring (bicyclic) bond motifs is 2. The molecule has 1 heterocycles. The number of ether oxygens (including phenoxy) is 1. The van der Waals surface area contributed by atoms with E-state index >= 15 is 0 Å². The lowest BCUT2D eigenvalue weighted by Crippen LogP contribution is -2.30. The number of para-hydroxylation sites is 1. The second kappa shape index (κ2) is 3.72. The Morgan fingerprint density at radius 2 is 1.60 bits per heavy atom. The molecule has 0 aromatic heterocycles. The van der Waals surface area contributed by atoms with Crippen molar-refractivity contribution in [2.24, 2.45) is 5.41 Å². The Hall–Kier alpha value is -1.18. The Kier molecular flexibility index (Phi) is 2.33. The van der Waals surface area contributed by atoms with Crippen molar-refractivity contribution < 1.29 is 4.74 Å². The van der Waals surface area contributed by atoms with Crippen LogP contribution < -0.4 is 4.74 Å². The Morgan fingerprint density at radius 1 is 0.950 bits per heavy atom. The molecule has 0 N–H and O–H groups in total. The molecule has 1 nitrogen and oxygen atoms in total. The summed E-state index contributed by atoms with van der Waals surface area (Å²) in [6, 6.07) is 18.1. The molecule has 0 spiro atoms. The van der Waals surface area contributed by atoms with E-state index in [1.165, 1.54) is 5.56 Å². The van der Waals surface area contributed by atoms with Gasteiger partial charge in [0, 0.05) is 0 Å². The molecule has 0 amide bonds. The van der Waals surface area contributed by atoms with Gasteiger partial charge in [-0.15, -0.1) is 0 Å². The zero-order valence-corrected chi connectivity index (χ0v) is 12.6. The summed E-state index contributed by atoms with van der Waals surface area (Å²) in [6.45, 7) is 2.11. The highest BCUT2D eigenvalue weighted by Crippen LogP contribution is 2.80. The monoisotopic (exact) mass is 304 g/mol. The molecule has 4 rings (SSSR count). The van der Waals surface area contributed by atoms with E-state index in [1.807, 2.05) is 48.5 Å². The van der Waals surface area contributed by atoms with E-state index in [1.54, 1.807) is 0 Å². The summed E-state index contributed by atoms with van der Waals surface area (Å²) in [4.78, 5) is 0. The van der Waals surface area contributed by atoms with Gasteiger partial charge in [-0.1, -0.05) is 78.7 Å². The lowest BCUT2D eigenvalue weighted by Gasteiger charge is -2.30. The quantitative estimate of drug-likeness (QED) is 0.693. The van der Waals surface area contributed by atoms with Crippen LogP contribution in [-0.2, 0) is 12.0 Å². The van der Waals surface area contributed by atoms with Crippen molar-refractivity contribution in [1.82, 2.24) is 0 Å². The maximum atomic E-state index is 6.68. The van der Waals surface area contributed by atoms with Gasteiger partial charge in [-0.2, -0.15) is 0 Å². The summed E-state index contributed by atoms with van der Waals surface area (Å²) in [5, 5.41) is 0. The summed E-state index contributed by atoms with van der Waals surface area (Å²) in [6.07, 6.45) is 0.824. The third-order valence-corrected chi connectivity index (χ3v) is 6.18. The van der Waals surface area contributed by atoms with Crippen LogP contribution in [0.15, 0.2) is 54.6 Å². The van der Waals surface area contributed by atoms with E-state index in [2.05, 4.69) is 13.0 Å². The van der Waals surface area contributed by atoms with Crippen LogP contribution in [0.5, 0.6) is 5.75 Å². The molecule has 1 saturated carbocycles. The number of hydrogen-bond acceptors (Lipinski definition) is 1. The third-order valence-electron chi connectivity index (χ3n) is 4.81. The van der Waals surface area contributed by atoms with Crippen LogP contribution in [0.2, 0.25) is 0 Å². The molecule has 102 valence electrons. The zero-order chi connectivity index (χ0) is 14.0. The lowest BCUT2D eigenvalue weighted by atomic mass is 9.88. The largest absolute Gasteiger partial charge is 0.478 e. The van der Waals surface area contributed by atoms with Gasteiger partial charge in [0.25, 0.3) is 0 Å². The minimum Gasteiger partial charge on any atom is -0.478 e. The Morgan fingerprint density at radius 3 is 2.35 bits per heavy atom. The van der Waals surface area contributed by atoms with Gasteiger partial charge in [-0.3, -0.25) is 0 Å². The first-order chi connectivity index (χ1) is 9.53. The molecule has 2 aliphatic rings. The van der Waals surface area contributed by atoms with Crippen molar-refractivity contribution in [2.45, 2.75) is 23.3 Å². The van der Waals surface area contributed by atoms with Gasteiger partial charge in [-0.05, 0) is 23.6 Å². The van der Waals surface area contributed by atoms with Crippen LogP contribution in [0, 0.1) is 5.41 Å². The second-order valence-corrected chi connectivity index (χ2v) is 7.17. The molecule has 20 heavy (non-hydrogen) atoms. The van der Waals surface area contributed by atoms with Crippen molar-refractivity contribution in [3.8, 4) is 5.75 Å². The molecule has 2 aromatic carbocycles. The van der Waals surface area contributed by atoms with Crippen LogP contribution in [0.25, 0.3) is 0 Å². The molecule has 0 saturated heterocycles. The molecule has 0 bridgehead atoms. The highest BCUT2D eigenvalue weighted by atomic mass is 35.5. The van der Waals surface area contributed by atoms with Crippen molar-refractivity contribution in [2.75, 3.05) is 0 Å². The predicted octanol–water partition coefficient (Wildman–Crippen LogP) is 4.71. The second-order valence-electron chi connectivity index (χ2n) is 5.84. The zero-order valence-electron chi connectivity index (χ0n) is 11.1. The summed E-state index contributed by atoms with van der Waals surface area (Å²) >= 11 is 13.4. The number of rotatable bonds is 1. The fraction of sp³-hybridized carbons (Fsp3) is 0.294. The van der Waals surface area contributed by atoms with E-state index in [9.17, 15) is 0 Å². The standard InChI is InChI=1S/C17H14Cl2O/c1-15-11-12-7-5-6-10-14(12)20-16(15,17(15,18)19)13-8-3-2-4-9-13/h2-10H,11H2,1H3. The van der Waals surface area contributed by atoms with Crippen molar-refractivity contribution in [3.05, 3.63) is 65.7 Å². The third kappa shape index (κ3) is 1.22. The molecular weight excluding hydrogens is 291 g/mol. The minimum atomic E-state index is -0.916. The first-order valence-electron chi connectivity index (χ1n) is 6.73. The average Bonchev–Trinajstić information content (AvgIpc) is 2.86. The smallest absolute Gasteiger partial charge is 0.176 e. The normalized spacial score (nSPS) is 32.8. The van der Waals surface area contributed by atoms with Crippen LogP contribution >= 0.6 is 23.2 Å². The molecule has 1 fully saturated rings. The van der Waals surface area contributed by atoms with Gasteiger partial charge >= 0.3 is 0 Å². The summed E-state index contributed by atoms with van der Waals surface area (Å²) in [5.74, 6) is 0.886. The molecule has 2 unspecified atom stereocenters. The maximum absolute atomic E-state index is 6.68. The van der Waals surface area contributed by atoms with Gasteiger partial charge in [0.15, 0.2) is 9.93 Å². The fourth-order valence-electron chi connectivity index (χ4n) is 3.59. The van der Waals surface area contributed by atoms with E-state index in [0.717, 1.165) is 17.7 Å². The van der Waals surface area contributed by atoms with Crippen LogP contribution in [0.4, 0.5) is 0 Å². The van der Waals surface area contributed by atoms with E-state index in [4.69, 9.17) is 27.9 Å². The van der Waals surface area contributed by atoms with Crippen LogP contribution in [0.3, 0.4) is 0 Å². The lowest BCUT2D eigenvalue weighted by molar-refractivity contribution is 0.111. The number of benzene rings is 2. The van der Waals surface area contributed by atoms with E-state index in [0.29, 0.717) is 0 Å². The van der Waals surface area contributed by atoms with Gasteiger partial charge in [0.1, 0.15) is 5.75 Å². The van der Waals surface area contributed by atoms with Crippen LogP contribution in [-0.4, -0.2) is 4.33 Å². The molecule has 1 aliphatic carbocycles. The molecular formula is C17H14Cl2O. The summed E-state index contributed by atoms with van der Waals surface area (Å²) in [5.41, 5.74) is 1.25. The number of hydrogen-bond donors (Lipinski definition) is 0. The van der Waals surface area contributed by atoms with Gasteiger partial charge < -0.3 is 4.74 Å². The van der Waals surface area contributed by atoms with Crippen molar-refractivity contribution >= 4 is 23.2 Å². The highest BCUT2D eigenvalue weighted by molar-refractivity contribution is 6.53. The minimum absolute atomic E-state index is 0.307. The van der Waals surface area contributed by atoms with Crippen LogP contribution in [0.1, 0.15) is 18.1 Å². The van der Waals surface area contributed by atoms with Crippen molar-refractivity contribution in [1.29, 1.82) is 0 Å². The van der Waals surface area contributed by atoms with Crippen molar-refractivity contribution in [3.63, 3.8) is 0 Å². The summed E-state index contributed by atoms with van der Waals surface area (Å²) < 4.78 is 5.42. The predicted molar refractivity (Wildman–Crippen MR) is 81.4 cm³/mol. The fourth-order valence-corrected chi connectivity index (χ4v) is 4.61. The first kappa shape index (κ1) is 12.6. The Bertz CT molecular complexity index is 682. The Labute approximate surface area is 128 Å².